The molecule has 3 rings (SSSR count). The van der Waals surface area contributed by atoms with E-state index in [0.717, 1.165) is 12.5 Å². The lowest BCUT2D eigenvalue weighted by Crippen LogP contribution is -2.66. The van der Waals surface area contributed by atoms with Crippen LogP contribution in [0.25, 0.3) is 0 Å². The average Bonchev–Trinajstić information content (AvgIpc) is 2.85. The fourth-order valence-corrected chi connectivity index (χ4v) is 4.58. The van der Waals surface area contributed by atoms with E-state index in [1.165, 1.54) is 71.6 Å². The molecule has 4 heteroatoms. The molecule has 2 bridgehead atoms. The van der Waals surface area contributed by atoms with Crippen molar-refractivity contribution >= 4 is 0 Å². The highest BCUT2D eigenvalue weighted by Gasteiger charge is 2.49. The summed E-state index contributed by atoms with van der Waals surface area (Å²) in [6, 6.07) is 0. The number of piperidine rings is 1. The summed E-state index contributed by atoms with van der Waals surface area (Å²) in [5.74, 6) is 0.823. The van der Waals surface area contributed by atoms with Gasteiger partial charge in [0, 0.05) is 44.8 Å². The smallest absolute Gasteiger partial charge is 0.0385 e. The SMILES string of the molecule is CCCN1CCN(C2(CN)CCN3CCC2C3)CC1. The van der Waals surface area contributed by atoms with Gasteiger partial charge in [-0.05, 0) is 44.8 Å². The van der Waals surface area contributed by atoms with Crippen LogP contribution in [0, 0.1) is 5.92 Å². The standard InChI is InChI=1S/C15H30N4/c1-2-5-17-8-10-19(11-9-17)15(13-16)4-7-18-6-3-14(15)12-18/h14H,2-13,16H2,1H3. The van der Waals surface area contributed by atoms with Gasteiger partial charge in [0.15, 0.2) is 0 Å². The molecule has 0 saturated carbocycles. The van der Waals surface area contributed by atoms with Crippen molar-refractivity contribution < 1.29 is 0 Å². The van der Waals surface area contributed by atoms with Crippen LogP contribution in [0.2, 0.25) is 0 Å². The number of rotatable bonds is 4. The predicted octanol–water partition coefficient (Wildman–Crippen LogP) is 0.437. The fraction of sp³-hybridized carbons (Fsp3) is 1.00. The molecular formula is C15H30N4. The van der Waals surface area contributed by atoms with Crippen molar-refractivity contribution in [2.45, 2.75) is 31.7 Å². The Morgan fingerprint density at radius 3 is 2.58 bits per heavy atom. The van der Waals surface area contributed by atoms with Crippen molar-refractivity contribution in [2.75, 3.05) is 58.9 Å². The molecular weight excluding hydrogens is 236 g/mol. The maximum atomic E-state index is 6.27. The van der Waals surface area contributed by atoms with Crippen LogP contribution in [0.3, 0.4) is 0 Å². The topological polar surface area (TPSA) is 35.7 Å². The van der Waals surface area contributed by atoms with E-state index in [0.29, 0.717) is 5.54 Å². The van der Waals surface area contributed by atoms with Gasteiger partial charge in [-0.3, -0.25) is 4.90 Å². The van der Waals surface area contributed by atoms with Gasteiger partial charge in [-0.15, -0.1) is 0 Å². The molecule has 3 atom stereocenters. The molecule has 3 aliphatic rings. The average molecular weight is 266 g/mol. The van der Waals surface area contributed by atoms with Gasteiger partial charge >= 0.3 is 0 Å². The van der Waals surface area contributed by atoms with Crippen molar-refractivity contribution in [1.82, 2.24) is 14.7 Å². The number of nitrogens with zero attached hydrogens (tertiary/aromatic N) is 3. The summed E-state index contributed by atoms with van der Waals surface area (Å²) in [6.07, 6.45) is 3.94. The summed E-state index contributed by atoms with van der Waals surface area (Å²) < 4.78 is 0. The van der Waals surface area contributed by atoms with Crippen LogP contribution in [-0.4, -0.2) is 79.1 Å². The van der Waals surface area contributed by atoms with Crippen LogP contribution in [0.1, 0.15) is 26.2 Å². The van der Waals surface area contributed by atoms with Crippen LogP contribution < -0.4 is 5.73 Å². The van der Waals surface area contributed by atoms with E-state index in [9.17, 15) is 0 Å². The monoisotopic (exact) mass is 266 g/mol. The quantitative estimate of drug-likeness (QED) is 0.801. The largest absolute Gasteiger partial charge is 0.329 e. The van der Waals surface area contributed by atoms with Gasteiger partial charge in [0.25, 0.3) is 0 Å². The van der Waals surface area contributed by atoms with Gasteiger partial charge in [-0.1, -0.05) is 6.92 Å². The molecule has 3 saturated heterocycles. The second kappa shape index (κ2) is 5.68. The van der Waals surface area contributed by atoms with Gasteiger partial charge in [-0.2, -0.15) is 0 Å². The molecule has 0 aliphatic carbocycles. The zero-order valence-corrected chi connectivity index (χ0v) is 12.5. The van der Waals surface area contributed by atoms with Crippen molar-refractivity contribution in [3.63, 3.8) is 0 Å². The van der Waals surface area contributed by atoms with Crippen LogP contribution in [0.15, 0.2) is 0 Å². The highest BCUT2D eigenvalue weighted by molar-refractivity contribution is 5.06. The third-order valence-electron chi connectivity index (χ3n) is 5.79. The molecule has 0 aromatic rings. The van der Waals surface area contributed by atoms with E-state index in [-0.39, 0.29) is 0 Å². The fourth-order valence-electron chi connectivity index (χ4n) is 4.58. The van der Waals surface area contributed by atoms with E-state index < -0.39 is 0 Å². The van der Waals surface area contributed by atoms with Crippen molar-refractivity contribution in [3.05, 3.63) is 0 Å². The van der Waals surface area contributed by atoms with Crippen LogP contribution in [0.5, 0.6) is 0 Å². The Bertz CT molecular complexity index is 301. The molecule has 110 valence electrons. The number of hydrogen-bond acceptors (Lipinski definition) is 4. The van der Waals surface area contributed by atoms with E-state index in [2.05, 4.69) is 21.6 Å². The first-order valence-corrected chi connectivity index (χ1v) is 8.18. The third kappa shape index (κ3) is 2.44. The minimum absolute atomic E-state index is 0.325. The van der Waals surface area contributed by atoms with Crippen molar-refractivity contribution in [2.24, 2.45) is 11.7 Å². The summed E-state index contributed by atoms with van der Waals surface area (Å²) in [4.78, 5) is 8.00. The van der Waals surface area contributed by atoms with Gasteiger partial charge in [0.1, 0.15) is 0 Å². The lowest BCUT2D eigenvalue weighted by atomic mass is 9.77. The Kier molecular flexibility index (Phi) is 4.13. The first-order chi connectivity index (χ1) is 9.28. The zero-order valence-electron chi connectivity index (χ0n) is 12.5. The van der Waals surface area contributed by atoms with Gasteiger partial charge in [0.05, 0.1) is 0 Å². The Labute approximate surface area is 117 Å². The maximum absolute atomic E-state index is 6.27. The molecule has 0 aromatic heterocycles. The summed E-state index contributed by atoms with van der Waals surface area (Å²) in [5, 5.41) is 0. The summed E-state index contributed by atoms with van der Waals surface area (Å²) >= 11 is 0. The Morgan fingerprint density at radius 2 is 1.89 bits per heavy atom. The number of nitrogens with two attached hydrogens (primary N) is 1. The summed E-state index contributed by atoms with van der Waals surface area (Å²) in [6.45, 7) is 13.2. The van der Waals surface area contributed by atoms with Gasteiger partial charge in [-0.25, -0.2) is 0 Å². The van der Waals surface area contributed by atoms with Crippen LogP contribution in [0.4, 0.5) is 0 Å². The minimum atomic E-state index is 0.325. The Balaban J connectivity index is 1.66. The molecule has 4 nitrogen and oxygen atoms in total. The molecule has 3 fully saturated rings. The molecule has 0 radical (unpaired) electrons. The van der Waals surface area contributed by atoms with Gasteiger partial charge < -0.3 is 15.5 Å². The third-order valence-corrected chi connectivity index (χ3v) is 5.79. The Morgan fingerprint density at radius 1 is 1.11 bits per heavy atom. The van der Waals surface area contributed by atoms with Crippen molar-refractivity contribution in [3.8, 4) is 0 Å². The maximum Gasteiger partial charge on any atom is 0.0385 e. The highest BCUT2D eigenvalue weighted by atomic mass is 15.3. The summed E-state index contributed by atoms with van der Waals surface area (Å²) in [5.41, 5.74) is 6.60. The molecule has 19 heavy (non-hydrogen) atoms. The molecule has 0 aromatic carbocycles. The van der Waals surface area contributed by atoms with Crippen LogP contribution >= 0.6 is 0 Å². The molecule has 3 aliphatic heterocycles. The molecule has 3 unspecified atom stereocenters. The number of piperazine rings is 1. The molecule has 0 amide bonds. The lowest BCUT2D eigenvalue weighted by molar-refractivity contribution is -0.0222. The van der Waals surface area contributed by atoms with Crippen LogP contribution in [-0.2, 0) is 0 Å². The van der Waals surface area contributed by atoms with E-state index in [1.807, 2.05) is 0 Å². The Hall–Kier alpha value is -0.160. The first-order valence-electron chi connectivity index (χ1n) is 8.18. The number of hydrogen-bond donors (Lipinski definition) is 1. The highest BCUT2D eigenvalue weighted by Crippen LogP contribution is 2.39. The molecule has 0 spiro atoms. The minimum Gasteiger partial charge on any atom is -0.329 e. The second-order valence-corrected chi connectivity index (χ2v) is 6.67. The van der Waals surface area contributed by atoms with E-state index >= 15 is 0 Å². The van der Waals surface area contributed by atoms with Crippen molar-refractivity contribution in [1.29, 1.82) is 0 Å². The lowest BCUT2D eigenvalue weighted by Gasteiger charge is -2.52. The second-order valence-electron chi connectivity index (χ2n) is 6.67. The molecule has 3 heterocycles. The normalized spacial score (nSPS) is 40.7. The predicted molar refractivity (Wildman–Crippen MR) is 79.3 cm³/mol. The molecule has 2 N–H and O–H groups in total. The summed E-state index contributed by atoms with van der Waals surface area (Å²) in [7, 11) is 0. The first kappa shape index (κ1) is 13.8. The van der Waals surface area contributed by atoms with Gasteiger partial charge in [0.2, 0.25) is 0 Å². The van der Waals surface area contributed by atoms with E-state index in [4.69, 9.17) is 5.73 Å². The number of fused-ring (bicyclic) bond motifs is 2. The zero-order chi connectivity index (χ0) is 13.3. The van der Waals surface area contributed by atoms with E-state index in [1.54, 1.807) is 0 Å².